The minimum absolute atomic E-state index is 0.116. The van der Waals surface area contributed by atoms with Crippen LogP contribution in [-0.4, -0.2) is 28.6 Å². The molecule has 0 aliphatic heterocycles. The lowest BCUT2D eigenvalue weighted by Gasteiger charge is -2.07. The van der Waals surface area contributed by atoms with Crippen molar-refractivity contribution in [1.29, 1.82) is 0 Å². The summed E-state index contributed by atoms with van der Waals surface area (Å²) in [6.45, 7) is 2.81. The van der Waals surface area contributed by atoms with Crippen LogP contribution in [0.3, 0.4) is 0 Å². The number of halogens is 1. The van der Waals surface area contributed by atoms with Crippen LogP contribution in [-0.2, 0) is 6.42 Å². The Hall–Kier alpha value is -1.88. The largest absolute Gasteiger partial charge is 0.467 e. The molecule has 0 saturated carbocycles. The summed E-state index contributed by atoms with van der Waals surface area (Å²) in [5, 5.41) is 3.23. The first-order valence-corrected chi connectivity index (χ1v) is 6.31. The molecule has 0 spiro atoms. The molecule has 5 nitrogen and oxygen atoms in total. The van der Waals surface area contributed by atoms with E-state index in [2.05, 4.69) is 39.3 Å². The van der Waals surface area contributed by atoms with Crippen LogP contribution < -0.4 is 10.1 Å². The molecular formula is C13H15ClN4O. The third-order valence-electron chi connectivity index (χ3n) is 2.71. The fraction of sp³-hybridized carbons (Fsp3) is 0.308. The Morgan fingerprint density at radius 3 is 2.74 bits per heavy atom. The number of nitrogens with zero attached hydrogens (tertiary/aromatic N) is 3. The van der Waals surface area contributed by atoms with Crippen molar-refractivity contribution < 1.29 is 4.74 Å². The van der Waals surface area contributed by atoms with Gasteiger partial charge in [-0.3, -0.25) is 0 Å². The van der Waals surface area contributed by atoms with Crippen molar-refractivity contribution in [3.8, 4) is 6.01 Å². The third-order valence-corrected chi connectivity index (χ3v) is 2.88. The molecule has 0 atom stereocenters. The van der Waals surface area contributed by atoms with Gasteiger partial charge in [-0.15, -0.1) is 0 Å². The number of nitrogens with one attached hydrogen (secondary N) is 1. The Labute approximate surface area is 117 Å². The number of hydrogen-bond donors (Lipinski definition) is 1. The first kappa shape index (κ1) is 13.5. The maximum absolute atomic E-state index is 5.77. The van der Waals surface area contributed by atoms with Crippen LogP contribution in [0.15, 0.2) is 24.3 Å². The van der Waals surface area contributed by atoms with Gasteiger partial charge in [0.2, 0.25) is 11.2 Å². The van der Waals surface area contributed by atoms with Crippen molar-refractivity contribution >= 4 is 17.5 Å². The second-order valence-electron chi connectivity index (χ2n) is 4.02. The van der Waals surface area contributed by atoms with Gasteiger partial charge in [-0.05, 0) is 36.1 Å². The average molecular weight is 279 g/mol. The second kappa shape index (κ2) is 6.33. The average Bonchev–Trinajstić information content (AvgIpc) is 2.40. The Morgan fingerprint density at radius 1 is 1.21 bits per heavy atom. The zero-order valence-corrected chi connectivity index (χ0v) is 11.6. The van der Waals surface area contributed by atoms with Gasteiger partial charge in [0, 0.05) is 6.54 Å². The van der Waals surface area contributed by atoms with Gasteiger partial charge in [-0.2, -0.15) is 15.0 Å². The third kappa shape index (κ3) is 3.79. The quantitative estimate of drug-likeness (QED) is 0.910. The van der Waals surface area contributed by atoms with E-state index < -0.39 is 0 Å². The SMILES string of the molecule is COc1nc(Cl)nc(NCCc2ccccc2C)n1. The molecule has 0 bridgehead atoms. The van der Waals surface area contributed by atoms with Gasteiger partial charge in [0.05, 0.1) is 7.11 Å². The van der Waals surface area contributed by atoms with Crippen LogP contribution in [0.2, 0.25) is 5.28 Å². The molecule has 2 aromatic rings. The number of rotatable bonds is 5. The summed E-state index contributed by atoms with van der Waals surface area (Å²) in [5.74, 6) is 0.422. The lowest BCUT2D eigenvalue weighted by atomic mass is 10.1. The van der Waals surface area contributed by atoms with Gasteiger partial charge < -0.3 is 10.1 Å². The number of methoxy groups -OCH3 is 1. The van der Waals surface area contributed by atoms with E-state index in [1.807, 2.05) is 12.1 Å². The molecule has 0 fully saturated rings. The Bertz CT molecular complexity index is 562. The van der Waals surface area contributed by atoms with Crippen molar-refractivity contribution in [2.45, 2.75) is 13.3 Å². The summed E-state index contributed by atoms with van der Waals surface area (Å²) in [6, 6.07) is 8.47. The maximum atomic E-state index is 5.77. The summed E-state index contributed by atoms with van der Waals surface area (Å²) < 4.78 is 4.93. The molecule has 100 valence electrons. The number of aromatic nitrogens is 3. The lowest BCUT2D eigenvalue weighted by Crippen LogP contribution is -2.10. The minimum Gasteiger partial charge on any atom is -0.467 e. The molecule has 1 aromatic heterocycles. The van der Waals surface area contributed by atoms with Crippen molar-refractivity contribution in [3.05, 3.63) is 40.7 Å². The monoisotopic (exact) mass is 278 g/mol. The molecule has 0 amide bonds. The van der Waals surface area contributed by atoms with Gasteiger partial charge in [-0.25, -0.2) is 0 Å². The standard InChI is InChI=1S/C13H15ClN4O/c1-9-5-3-4-6-10(9)7-8-15-12-16-11(14)17-13(18-12)19-2/h3-6H,7-8H2,1-2H3,(H,15,16,17,18). The molecule has 1 aromatic carbocycles. The van der Waals surface area contributed by atoms with Gasteiger partial charge in [0.15, 0.2) is 0 Å². The normalized spacial score (nSPS) is 10.3. The van der Waals surface area contributed by atoms with Gasteiger partial charge in [0.25, 0.3) is 0 Å². The molecule has 0 saturated heterocycles. The predicted molar refractivity (Wildman–Crippen MR) is 74.8 cm³/mol. The van der Waals surface area contributed by atoms with Crippen LogP contribution >= 0.6 is 11.6 Å². The summed E-state index contributed by atoms with van der Waals surface area (Å²) in [4.78, 5) is 11.9. The Balaban J connectivity index is 1.96. The fourth-order valence-electron chi connectivity index (χ4n) is 1.70. The van der Waals surface area contributed by atoms with E-state index in [1.165, 1.54) is 18.2 Å². The van der Waals surface area contributed by atoms with E-state index in [1.54, 1.807) is 0 Å². The van der Waals surface area contributed by atoms with E-state index in [4.69, 9.17) is 16.3 Å². The smallest absolute Gasteiger partial charge is 0.322 e. The first-order valence-electron chi connectivity index (χ1n) is 5.93. The zero-order valence-electron chi connectivity index (χ0n) is 10.9. The lowest BCUT2D eigenvalue weighted by molar-refractivity contribution is 0.379. The number of aryl methyl sites for hydroxylation is 1. The predicted octanol–water partition coefficient (Wildman–Crippen LogP) is 2.50. The summed E-state index contributed by atoms with van der Waals surface area (Å²) in [6.07, 6.45) is 0.887. The summed E-state index contributed by atoms with van der Waals surface area (Å²) >= 11 is 5.77. The molecule has 2 rings (SSSR count). The highest BCUT2D eigenvalue weighted by molar-refractivity contribution is 6.28. The second-order valence-corrected chi connectivity index (χ2v) is 4.36. The van der Waals surface area contributed by atoms with Crippen LogP contribution in [0.25, 0.3) is 0 Å². The van der Waals surface area contributed by atoms with Crippen LogP contribution in [0.5, 0.6) is 6.01 Å². The highest BCUT2D eigenvalue weighted by Gasteiger charge is 2.04. The number of hydrogen-bond acceptors (Lipinski definition) is 5. The van der Waals surface area contributed by atoms with E-state index >= 15 is 0 Å². The van der Waals surface area contributed by atoms with Crippen molar-refractivity contribution in [3.63, 3.8) is 0 Å². The molecule has 1 N–H and O–H groups in total. The van der Waals surface area contributed by atoms with Crippen molar-refractivity contribution in [2.75, 3.05) is 19.0 Å². The van der Waals surface area contributed by atoms with Crippen LogP contribution in [0.4, 0.5) is 5.95 Å². The molecule has 0 aliphatic rings. The van der Waals surface area contributed by atoms with E-state index in [0.29, 0.717) is 12.5 Å². The Morgan fingerprint density at radius 2 is 2.00 bits per heavy atom. The molecule has 0 radical (unpaired) electrons. The van der Waals surface area contributed by atoms with Crippen LogP contribution in [0, 0.1) is 6.92 Å². The number of benzene rings is 1. The topological polar surface area (TPSA) is 59.9 Å². The van der Waals surface area contributed by atoms with Crippen LogP contribution in [0.1, 0.15) is 11.1 Å². The fourth-order valence-corrected chi connectivity index (χ4v) is 1.85. The first-order chi connectivity index (χ1) is 9.19. The highest BCUT2D eigenvalue weighted by atomic mass is 35.5. The van der Waals surface area contributed by atoms with Gasteiger partial charge >= 0.3 is 6.01 Å². The Kier molecular flexibility index (Phi) is 4.52. The number of ether oxygens (including phenoxy) is 1. The van der Waals surface area contributed by atoms with E-state index in [-0.39, 0.29) is 11.3 Å². The summed E-state index contributed by atoms with van der Waals surface area (Å²) in [5.41, 5.74) is 2.57. The molecule has 19 heavy (non-hydrogen) atoms. The zero-order chi connectivity index (χ0) is 13.7. The molecule has 0 aliphatic carbocycles. The molecule has 6 heteroatoms. The van der Waals surface area contributed by atoms with Gasteiger partial charge in [0.1, 0.15) is 0 Å². The number of anilines is 1. The van der Waals surface area contributed by atoms with Crippen molar-refractivity contribution in [1.82, 2.24) is 15.0 Å². The summed E-state index contributed by atoms with van der Waals surface area (Å²) in [7, 11) is 1.49. The van der Waals surface area contributed by atoms with E-state index in [9.17, 15) is 0 Å². The molecule has 0 unspecified atom stereocenters. The highest BCUT2D eigenvalue weighted by Crippen LogP contribution is 2.11. The maximum Gasteiger partial charge on any atom is 0.322 e. The van der Waals surface area contributed by atoms with Crippen molar-refractivity contribution in [2.24, 2.45) is 0 Å². The molecular weight excluding hydrogens is 264 g/mol. The minimum atomic E-state index is 0.116. The van der Waals surface area contributed by atoms with Gasteiger partial charge in [-0.1, -0.05) is 24.3 Å². The molecule has 1 heterocycles. The van der Waals surface area contributed by atoms with E-state index in [0.717, 1.165) is 6.42 Å².